The number of nitrogens with zero attached hydrogens (tertiary/aromatic N) is 4. The molecule has 0 aliphatic carbocycles. The van der Waals surface area contributed by atoms with Crippen LogP contribution in [0.2, 0.25) is 0 Å². The highest BCUT2D eigenvalue weighted by molar-refractivity contribution is 5.96. The molecule has 10 heteroatoms. The lowest BCUT2D eigenvalue weighted by molar-refractivity contribution is -0.137. The number of halogens is 3. The van der Waals surface area contributed by atoms with Crippen LogP contribution in [-0.2, 0) is 17.4 Å². The summed E-state index contributed by atoms with van der Waals surface area (Å²) >= 11 is 0. The molecule has 35 heavy (non-hydrogen) atoms. The van der Waals surface area contributed by atoms with Gasteiger partial charge in [-0.25, -0.2) is 9.67 Å². The topological polar surface area (TPSA) is 88.5 Å². The Morgan fingerprint density at radius 3 is 2.54 bits per heavy atom. The fraction of sp³-hybridized carbons (Fsp3) is 0.280. The number of amides is 1. The second-order valence-corrected chi connectivity index (χ2v) is 8.58. The number of benzene rings is 2. The predicted molar refractivity (Wildman–Crippen MR) is 126 cm³/mol. The minimum atomic E-state index is -4.46. The number of hydrogen-bond donors (Lipinski definition) is 2. The first-order valence-electron chi connectivity index (χ1n) is 11.1. The Kier molecular flexibility index (Phi) is 6.47. The summed E-state index contributed by atoms with van der Waals surface area (Å²) in [6.07, 6.45) is -4.45. The van der Waals surface area contributed by atoms with E-state index in [9.17, 15) is 18.0 Å². The van der Waals surface area contributed by atoms with Crippen LogP contribution >= 0.6 is 0 Å². The summed E-state index contributed by atoms with van der Waals surface area (Å²) in [6, 6.07) is 12.2. The van der Waals surface area contributed by atoms with Crippen molar-refractivity contribution in [3.8, 4) is 17.1 Å². The van der Waals surface area contributed by atoms with Gasteiger partial charge in [0.05, 0.1) is 29.1 Å². The molecule has 0 saturated heterocycles. The van der Waals surface area contributed by atoms with Crippen LogP contribution < -0.4 is 5.32 Å². The molecule has 0 saturated carbocycles. The Bertz CT molecular complexity index is 1370. The number of alkyl halides is 3. The number of aromatic nitrogens is 5. The number of hydrogen-bond acceptors (Lipinski definition) is 4. The molecule has 182 valence electrons. The third kappa shape index (κ3) is 5.11. The number of aryl methyl sites for hydroxylation is 1. The lowest BCUT2D eigenvalue weighted by Crippen LogP contribution is -2.16. The molecular formula is C25H25F3N6O. The molecule has 2 aromatic carbocycles. The largest absolute Gasteiger partial charge is 0.416 e. The maximum Gasteiger partial charge on any atom is 0.416 e. The number of carbonyl (C=O) groups excluding carboxylic acids is 1. The van der Waals surface area contributed by atoms with E-state index >= 15 is 0 Å². The fourth-order valence-corrected chi connectivity index (χ4v) is 3.79. The molecule has 0 atom stereocenters. The SMILES string of the molecule is Cc1nn(-c2cccc(C(F)(F)F)c2)c(C)c1CC(=O)Nc1ccccc1-c1n[nH]c(C(C)C)n1. The Morgan fingerprint density at radius 2 is 1.86 bits per heavy atom. The molecule has 4 rings (SSSR count). The van der Waals surface area contributed by atoms with Gasteiger partial charge in [0.2, 0.25) is 5.91 Å². The minimum Gasteiger partial charge on any atom is -0.325 e. The average molecular weight is 483 g/mol. The summed E-state index contributed by atoms with van der Waals surface area (Å²) < 4.78 is 40.9. The third-order valence-corrected chi connectivity index (χ3v) is 5.69. The molecule has 0 unspecified atom stereocenters. The molecule has 4 aromatic rings. The number of H-pyrrole nitrogens is 1. The van der Waals surface area contributed by atoms with E-state index in [-0.39, 0.29) is 23.9 Å². The number of rotatable bonds is 6. The van der Waals surface area contributed by atoms with Crippen molar-refractivity contribution in [3.63, 3.8) is 0 Å². The Hall–Kier alpha value is -3.95. The van der Waals surface area contributed by atoms with E-state index < -0.39 is 11.7 Å². The van der Waals surface area contributed by atoms with E-state index in [4.69, 9.17) is 0 Å². The average Bonchev–Trinajstić information content (AvgIpc) is 3.40. The monoisotopic (exact) mass is 482 g/mol. The van der Waals surface area contributed by atoms with Crippen molar-refractivity contribution >= 4 is 11.6 Å². The van der Waals surface area contributed by atoms with Gasteiger partial charge in [-0.3, -0.25) is 9.89 Å². The maximum absolute atomic E-state index is 13.2. The van der Waals surface area contributed by atoms with Gasteiger partial charge in [-0.1, -0.05) is 32.0 Å². The highest BCUT2D eigenvalue weighted by atomic mass is 19.4. The van der Waals surface area contributed by atoms with Crippen LogP contribution in [0, 0.1) is 13.8 Å². The standard InChI is InChI=1S/C25H25F3N6O/c1-14(2)23-30-24(32-31-23)19-10-5-6-11-21(19)29-22(35)13-20-15(3)33-34(16(20)4)18-9-7-8-17(12-18)25(26,27)28/h5-12,14H,13H2,1-4H3,(H,29,35)(H,30,31,32). The molecule has 0 fully saturated rings. The van der Waals surface area contributed by atoms with Crippen LogP contribution in [-0.4, -0.2) is 30.9 Å². The first-order chi connectivity index (χ1) is 16.5. The molecule has 2 aromatic heterocycles. The van der Waals surface area contributed by atoms with E-state index in [1.165, 1.54) is 10.7 Å². The van der Waals surface area contributed by atoms with Gasteiger partial charge in [-0.15, -0.1) is 0 Å². The molecule has 0 spiro atoms. The first-order valence-corrected chi connectivity index (χ1v) is 11.1. The van der Waals surface area contributed by atoms with Gasteiger partial charge < -0.3 is 5.32 Å². The van der Waals surface area contributed by atoms with Gasteiger partial charge in [-0.2, -0.15) is 23.4 Å². The summed E-state index contributed by atoms with van der Waals surface area (Å²) in [5, 5.41) is 14.5. The molecule has 2 N–H and O–H groups in total. The van der Waals surface area contributed by atoms with Crippen molar-refractivity contribution in [1.82, 2.24) is 25.0 Å². The summed E-state index contributed by atoms with van der Waals surface area (Å²) in [5.41, 5.74) is 2.58. The zero-order valence-corrected chi connectivity index (χ0v) is 19.7. The van der Waals surface area contributed by atoms with Gasteiger partial charge in [-0.05, 0) is 44.2 Å². The van der Waals surface area contributed by atoms with Crippen molar-refractivity contribution in [1.29, 1.82) is 0 Å². The normalized spacial score (nSPS) is 11.8. The quantitative estimate of drug-likeness (QED) is 0.375. The van der Waals surface area contributed by atoms with Crippen molar-refractivity contribution < 1.29 is 18.0 Å². The van der Waals surface area contributed by atoms with Crippen LogP contribution in [0.25, 0.3) is 17.1 Å². The Balaban J connectivity index is 1.57. The molecular weight excluding hydrogens is 457 g/mol. The summed E-state index contributed by atoms with van der Waals surface area (Å²) in [7, 11) is 0. The lowest BCUT2D eigenvalue weighted by Gasteiger charge is -2.11. The number of carbonyl (C=O) groups is 1. The zero-order valence-electron chi connectivity index (χ0n) is 19.7. The van der Waals surface area contributed by atoms with E-state index in [1.54, 1.807) is 32.0 Å². The molecule has 0 aliphatic rings. The number of aromatic amines is 1. The Labute approximate surface area is 200 Å². The number of anilines is 1. The van der Waals surface area contributed by atoms with Crippen molar-refractivity contribution in [3.05, 3.63) is 76.9 Å². The van der Waals surface area contributed by atoms with Crippen LogP contribution in [0.4, 0.5) is 18.9 Å². The van der Waals surface area contributed by atoms with Crippen LogP contribution in [0.1, 0.15) is 48.1 Å². The lowest BCUT2D eigenvalue weighted by atomic mass is 10.1. The van der Waals surface area contributed by atoms with E-state index in [1.807, 2.05) is 26.0 Å². The van der Waals surface area contributed by atoms with Gasteiger partial charge in [0.1, 0.15) is 5.82 Å². The summed E-state index contributed by atoms with van der Waals surface area (Å²) in [4.78, 5) is 17.5. The van der Waals surface area contributed by atoms with Gasteiger partial charge >= 0.3 is 6.18 Å². The molecule has 1 amide bonds. The summed E-state index contributed by atoms with van der Waals surface area (Å²) in [5.74, 6) is 1.12. The van der Waals surface area contributed by atoms with Crippen LogP contribution in [0.15, 0.2) is 48.5 Å². The predicted octanol–water partition coefficient (Wildman–Crippen LogP) is 5.60. The second kappa shape index (κ2) is 9.36. The van der Waals surface area contributed by atoms with E-state index in [0.29, 0.717) is 34.0 Å². The fourth-order valence-electron chi connectivity index (χ4n) is 3.79. The van der Waals surface area contributed by atoms with E-state index in [0.717, 1.165) is 18.0 Å². The highest BCUT2D eigenvalue weighted by Gasteiger charge is 2.31. The highest BCUT2D eigenvalue weighted by Crippen LogP contribution is 2.31. The molecule has 0 bridgehead atoms. The minimum absolute atomic E-state index is 0.0101. The van der Waals surface area contributed by atoms with Gasteiger partial charge in [0, 0.05) is 22.7 Å². The van der Waals surface area contributed by atoms with Gasteiger partial charge in [0.15, 0.2) is 5.82 Å². The zero-order chi connectivity index (χ0) is 25.3. The first kappa shape index (κ1) is 24.2. The molecule has 7 nitrogen and oxygen atoms in total. The van der Waals surface area contributed by atoms with Crippen molar-refractivity contribution in [2.45, 2.75) is 46.2 Å². The third-order valence-electron chi connectivity index (χ3n) is 5.69. The van der Waals surface area contributed by atoms with Crippen LogP contribution in [0.3, 0.4) is 0 Å². The Morgan fingerprint density at radius 1 is 1.11 bits per heavy atom. The van der Waals surface area contributed by atoms with E-state index in [2.05, 4.69) is 25.6 Å². The van der Waals surface area contributed by atoms with Crippen molar-refractivity contribution in [2.24, 2.45) is 0 Å². The number of nitrogens with one attached hydrogen (secondary N) is 2. The maximum atomic E-state index is 13.2. The van der Waals surface area contributed by atoms with Gasteiger partial charge in [0.25, 0.3) is 0 Å². The second-order valence-electron chi connectivity index (χ2n) is 8.58. The molecule has 0 radical (unpaired) electrons. The summed E-state index contributed by atoms with van der Waals surface area (Å²) in [6.45, 7) is 7.47. The van der Waals surface area contributed by atoms with Crippen LogP contribution in [0.5, 0.6) is 0 Å². The van der Waals surface area contributed by atoms with Crippen molar-refractivity contribution in [2.75, 3.05) is 5.32 Å². The molecule has 0 aliphatic heterocycles. The molecule has 2 heterocycles. The number of para-hydroxylation sites is 1. The smallest absolute Gasteiger partial charge is 0.325 e.